The lowest BCUT2D eigenvalue weighted by Crippen LogP contribution is -2.56. The molecule has 0 radical (unpaired) electrons. The lowest BCUT2D eigenvalue weighted by Gasteiger charge is -2.39. The van der Waals surface area contributed by atoms with E-state index >= 15 is 0 Å². The van der Waals surface area contributed by atoms with Gasteiger partial charge in [0, 0.05) is 14.2 Å². The van der Waals surface area contributed by atoms with Crippen LogP contribution in [-0.4, -0.2) is 44.8 Å². The minimum Gasteiger partial charge on any atom is -0.469 e. The summed E-state index contributed by atoms with van der Waals surface area (Å²) in [6.45, 7) is 1.91. The number of hydrogen-bond acceptors (Lipinski definition) is 5. The van der Waals surface area contributed by atoms with Crippen molar-refractivity contribution in [1.82, 2.24) is 0 Å². The van der Waals surface area contributed by atoms with Crippen molar-refractivity contribution in [1.29, 1.82) is 0 Å². The standard InChI is InChI=1S/C11H18O5/c1-10-6-5-7(16-10)11(14-3,15-4)8(10)9(12)13-2/h7-8H,5-6H2,1-4H3. The Morgan fingerprint density at radius 1 is 1.31 bits per heavy atom. The van der Waals surface area contributed by atoms with E-state index in [0.717, 1.165) is 12.8 Å². The highest BCUT2D eigenvalue weighted by Gasteiger charge is 2.70. The lowest BCUT2D eigenvalue weighted by atomic mass is 9.75. The van der Waals surface area contributed by atoms with Gasteiger partial charge >= 0.3 is 5.97 Å². The van der Waals surface area contributed by atoms with E-state index in [4.69, 9.17) is 18.9 Å². The van der Waals surface area contributed by atoms with Crippen LogP contribution >= 0.6 is 0 Å². The molecule has 2 rings (SSSR count). The Morgan fingerprint density at radius 2 is 1.94 bits per heavy atom. The summed E-state index contributed by atoms with van der Waals surface area (Å²) in [5.74, 6) is -1.87. The number of rotatable bonds is 3. The molecule has 0 amide bonds. The zero-order chi connectivity index (χ0) is 12.0. The second kappa shape index (κ2) is 3.68. The second-order valence-corrected chi connectivity index (χ2v) is 4.54. The SMILES string of the molecule is COC(=O)C1C2(C)CCC(O2)C1(OC)OC. The molecule has 0 spiro atoms. The van der Waals surface area contributed by atoms with Crippen LogP contribution in [0.1, 0.15) is 19.8 Å². The zero-order valence-corrected chi connectivity index (χ0v) is 10.1. The summed E-state index contributed by atoms with van der Waals surface area (Å²) in [4.78, 5) is 11.9. The van der Waals surface area contributed by atoms with Gasteiger partial charge < -0.3 is 18.9 Å². The van der Waals surface area contributed by atoms with Crippen LogP contribution in [0.3, 0.4) is 0 Å². The van der Waals surface area contributed by atoms with Gasteiger partial charge in [-0.15, -0.1) is 0 Å². The molecule has 3 unspecified atom stereocenters. The van der Waals surface area contributed by atoms with E-state index < -0.39 is 17.3 Å². The van der Waals surface area contributed by atoms with Crippen molar-refractivity contribution in [3.63, 3.8) is 0 Å². The average Bonchev–Trinajstić information content (AvgIpc) is 2.79. The summed E-state index contributed by atoms with van der Waals surface area (Å²) in [6.07, 6.45) is 1.47. The highest BCUT2D eigenvalue weighted by molar-refractivity contribution is 5.76. The van der Waals surface area contributed by atoms with Gasteiger partial charge in [0.05, 0.1) is 12.7 Å². The molecule has 16 heavy (non-hydrogen) atoms. The van der Waals surface area contributed by atoms with Crippen LogP contribution in [0.15, 0.2) is 0 Å². The van der Waals surface area contributed by atoms with Gasteiger partial charge in [-0.1, -0.05) is 0 Å². The van der Waals surface area contributed by atoms with E-state index in [2.05, 4.69) is 0 Å². The van der Waals surface area contributed by atoms with Crippen LogP contribution in [-0.2, 0) is 23.7 Å². The first-order chi connectivity index (χ1) is 7.54. The Kier molecular flexibility index (Phi) is 2.72. The molecule has 2 saturated heterocycles. The Morgan fingerprint density at radius 3 is 2.44 bits per heavy atom. The van der Waals surface area contributed by atoms with E-state index in [-0.39, 0.29) is 12.1 Å². The fraction of sp³-hybridized carbons (Fsp3) is 0.909. The van der Waals surface area contributed by atoms with Crippen molar-refractivity contribution >= 4 is 5.97 Å². The van der Waals surface area contributed by atoms with Gasteiger partial charge in [-0.25, -0.2) is 0 Å². The topological polar surface area (TPSA) is 54.0 Å². The van der Waals surface area contributed by atoms with Crippen LogP contribution in [0.5, 0.6) is 0 Å². The first kappa shape index (κ1) is 11.8. The number of ether oxygens (including phenoxy) is 4. The third kappa shape index (κ3) is 1.25. The first-order valence-corrected chi connectivity index (χ1v) is 5.40. The number of esters is 1. The zero-order valence-electron chi connectivity index (χ0n) is 10.1. The maximum Gasteiger partial charge on any atom is 0.317 e. The smallest absolute Gasteiger partial charge is 0.317 e. The number of carbonyl (C=O) groups is 1. The molecule has 5 nitrogen and oxygen atoms in total. The molecule has 92 valence electrons. The molecule has 0 aromatic carbocycles. The Bertz CT molecular complexity index is 299. The number of fused-ring (bicyclic) bond motifs is 2. The fourth-order valence-electron chi connectivity index (χ4n) is 3.08. The summed E-state index contributed by atoms with van der Waals surface area (Å²) in [6, 6.07) is 0. The number of hydrogen-bond donors (Lipinski definition) is 0. The third-order valence-corrected chi connectivity index (χ3v) is 3.85. The van der Waals surface area contributed by atoms with Crippen molar-refractivity contribution in [2.75, 3.05) is 21.3 Å². The van der Waals surface area contributed by atoms with Gasteiger partial charge in [0.1, 0.15) is 12.0 Å². The molecule has 0 aromatic heterocycles. The third-order valence-electron chi connectivity index (χ3n) is 3.85. The van der Waals surface area contributed by atoms with E-state index in [0.29, 0.717) is 0 Å². The fourth-order valence-corrected chi connectivity index (χ4v) is 3.08. The highest BCUT2D eigenvalue weighted by Crippen LogP contribution is 2.55. The van der Waals surface area contributed by atoms with Crippen LogP contribution < -0.4 is 0 Å². The van der Waals surface area contributed by atoms with Crippen molar-refractivity contribution in [3.8, 4) is 0 Å². The maximum absolute atomic E-state index is 11.9. The van der Waals surface area contributed by atoms with E-state index in [1.54, 1.807) is 0 Å². The number of methoxy groups -OCH3 is 3. The molecule has 0 aliphatic carbocycles. The quantitative estimate of drug-likeness (QED) is 0.528. The molecule has 2 fully saturated rings. The molecule has 0 aromatic rings. The minimum absolute atomic E-state index is 0.198. The van der Waals surface area contributed by atoms with Gasteiger partial charge in [-0.3, -0.25) is 4.79 Å². The predicted molar refractivity (Wildman–Crippen MR) is 54.8 cm³/mol. The molecule has 0 saturated carbocycles. The summed E-state index contributed by atoms with van der Waals surface area (Å²) >= 11 is 0. The average molecular weight is 230 g/mol. The van der Waals surface area contributed by atoms with Crippen molar-refractivity contribution in [2.45, 2.75) is 37.3 Å². The molecule has 2 aliphatic rings. The Labute approximate surface area is 95.0 Å². The molecule has 2 bridgehead atoms. The maximum atomic E-state index is 11.9. The van der Waals surface area contributed by atoms with Gasteiger partial charge in [-0.2, -0.15) is 0 Å². The molecule has 3 atom stereocenters. The molecular formula is C11H18O5. The predicted octanol–water partition coefficient (Wildman–Crippen LogP) is 0.716. The van der Waals surface area contributed by atoms with Crippen molar-refractivity contribution < 1.29 is 23.7 Å². The van der Waals surface area contributed by atoms with Crippen LogP contribution in [0.25, 0.3) is 0 Å². The highest BCUT2D eigenvalue weighted by atomic mass is 16.7. The normalized spacial score (nSPS) is 40.0. The largest absolute Gasteiger partial charge is 0.469 e. The Hall–Kier alpha value is -0.650. The van der Waals surface area contributed by atoms with Crippen molar-refractivity contribution in [3.05, 3.63) is 0 Å². The van der Waals surface area contributed by atoms with Crippen molar-refractivity contribution in [2.24, 2.45) is 5.92 Å². The van der Waals surface area contributed by atoms with Gasteiger partial charge in [0.2, 0.25) is 5.79 Å². The van der Waals surface area contributed by atoms with Crippen LogP contribution in [0, 0.1) is 5.92 Å². The summed E-state index contributed by atoms with van der Waals surface area (Å²) < 4.78 is 21.5. The second-order valence-electron chi connectivity index (χ2n) is 4.54. The first-order valence-electron chi connectivity index (χ1n) is 5.40. The van der Waals surface area contributed by atoms with E-state index in [1.165, 1.54) is 21.3 Å². The minimum atomic E-state index is -1.000. The van der Waals surface area contributed by atoms with E-state index in [9.17, 15) is 4.79 Å². The van der Waals surface area contributed by atoms with Crippen LogP contribution in [0.4, 0.5) is 0 Å². The van der Waals surface area contributed by atoms with E-state index in [1.807, 2.05) is 6.92 Å². The molecule has 5 heteroatoms. The monoisotopic (exact) mass is 230 g/mol. The van der Waals surface area contributed by atoms with Gasteiger partial charge in [0.25, 0.3) is 0 Å². The van der Waals surface area contributed by atoms with Gasteiger partial charge in [0.15, 0.2) is 0 Å². The molecular weight excluding hydrogens is 212 g/mol. The Balaban J connectivity index is 2.40. The van der Waals surface area contributed by atoms with Crippen LogP contribution in [0.2, 0.25) is 0 Å². The summed E-state index contributed by atoms with van der Waals surface area (Å²) in [7, 11) is 4.44. The van der Waals surface area contributed by atoms with Gasteiger partial charge in [-0.05, 0) is 19.8 Å². The molecule has 2 aliphatic heterocycles. The number of carbonyl (C=O) groups excluding carboxylic acids is 1. The molecule has 2 heterocycles. The summed E-state index contributed by atoms with van der Waals surface area (Å²) in [5.41, 5.74) is -0.538. The lowest BCUT2D eigenvalue weighted by molar-refractivity contribution is -0.255. The summed E-state index contributed by atoms with van der Waals surface area (Å²) in [5, 5.41) is 0. The molecule has 0 N–H and O–H groups in total.